The molecule has 0 unspecified atom stereocenters. The van der Waals surface area contributed by atoms with Gasteiger partial charge in [-0.3, -0.25) is 0 Å². The summed E-state index contributed by atoms with van der Waals surface area (Å²) in [6.07, 6.45) is 0. The zero-order chi connectivity index (χ0) is 18.4. The van der Waals surface area contributed by atoms with E-state index in [-0.39, 0.29) is 0 Å². The van der Waals surface area contributed by atoms with E-state index in [2.05, 4.69) is 41.7 Å². The maximum absolute atomic E-state index is 5.28. The van der Waals surface area contributed by atoms with Gasteiger partial charge in [0.05, 0.1) is 19.9 Å². The topological polar surface area (TPSA) is 30.5 Å². The second-order valence-corrected chi connectivity index (χ2v) is 5.83. The molecule has 0 spiro atoms. The largest absolute Gasteiger partial charge is 0.497 e. The van der Waals surface area contributed by atoms with Crippen molar-refractivity contribution in [3.63, 3.8) is 0 Å². The predicted octanol–water partition coefficient (Wildman–Crippen LogP) is 5.74. The van der Waals surface area contributed by atoms with E-state index >= 15 is 0 Å². The SMILES string of the molecule is CNc1c(OC)ccc2ccccc12.COc1ccc2ccccc2c1. The van der Waals surface area contributed by atoms with Crippen LogP contribution in [0.5, 0.6) is 11.5 Å². The highest BCUT2D eigenvalue weighted by atomic mass is 16.5. The van der Waals surface area contributed by atoms with Gasteiger partial charge in [-0.05, 0) is 34.4 Å². The van der Waals surface area contributed by atoms with Crippen LogP contribution in [0.1, 0.15) is 0 Å². The Morgan fingerprint density at radius 1 is 0.654 bits per heavy atom. The summed E-state index contributed by atoms with van der Waals surface area (Å²) in [5, 5.41) is 8.04. The Morgan fingerprint density at radius 2 is 1.31 bits per heavy atom. The molecular weight excluding hydrogens is 322 g/mol. The molecule has 3 heteroatoms. The van der Waals surface area contributed by atoms with Gasteiger partial charge in [-0.15, -0.1) is 0 Å². The molecule has 1 N–H and O–H groups in total. The molecule has 0 bridgehead atoms. The molecule has 0 aliphatic heterocycles. The monoisotopic (exact) mass is 345 g/mol. The fraction of sp³-hybridized carbons (Fsp3) is 0.130. The van der Waals surface area contributed by atoms with Gasteiger partial charge in [0.1, 0.15) is 11.5 Å². The molecule has 0 saturated heterocycles. The normalized spacial score (nSPS) is 10.1. The molecule has 0 atom stereocenters. The molecule has 0 saturated carbocycles. The minimum atomic E-state index is 0.881. The van der Waals surface area contributed by atoms with E-state index in [4.69, 9.17) is 9.47 Å². The van der Waals surface area contributed by atoms with Crippen molar-refractivity contribution in [1.29, 1.82) is 0 Å². The number of ether oxygens (including phenoxy) is 2. The fourth-order valence-corrected chi connectivity index (χ4v) is 2.97. The van der Waals surface area contributed by atoms with Crippen LogP contribution in [0, 0.1) is 0 Å². The van der Waals surface area contributed by atoms with Crippen molar-refractivity contribution in [2.75, 3.05) is 26.6 Å². The molecular formula is C23H23NO2. The molecule has 4 aromatic rings. The van der Waals surface area contributed by atoms with E-state index in [0.29, 0.717) is 0 Å². The van der Waals surface area contributed by atoms with Crippen molar-refractivity contribution in [2.45, 2.75) is 0 Å². The Hall–Kier alpha value is -3.20. The first-order valence-electron chi connectivity index (χ1n) is 8.53. The summed E-state index contributed by atoms with van der Waals surface area (Å²) in [4.78, 5) is 0. The average Bonchev–Trinajstić information content (AvgIpc) is 2.72. The first-order valence-corrected chi connectivity index (χ1v) is 8.53. The van der Waals surface area contributed by atoms with E-state index in [9.17, 15) is 0 Å². The lowest BCUT2D eigenvalue weighted by Crippen LogP contribution is -1.94. The maximum Gasteiger partial charge on any atom is 0.142 e. The highest BCUT2D eigenvalue weighted by Gasteiger charge is 2.04. The second kappa shape index (κ2) is 8.26. The van der Waals surface area contributed by atoms with Crippen molar-refractivity contribution in [3.8, 4) is 11.5 Å². The molecule has 132 valence electrons. The van der Waals surface area contributed by atoms with Gasteiger partial charge >= 0.3 is 0 Å². The van der Waals surface area contributed by atoms with Crippen molar-refractivity contribution in [2.24, 2.45) is 0 Å². The molecule has 26 heavy (non-hydrogen) atoms. The lowest BCUT2D eigenvalue weighted by atomic mass is 10.1. The Balaban J connectivity index is 0.000000152. The van der Waals surface area contributed by atoms with E-state index in [1.807, 2.05) is 49.5 Å². The Labute approximate surface area is 154 Å². The summed E-state index contributed by atoms with van der Waals surface area (Å²) in [6, 6.07) is 26.6. The minimum Gasteiger partial charge on any atom is -0.497 e. The second-order valence-electron chi connectivity index (χ2n) is 5.83. The molecule has 0 aromatic heterocycles. The molecule has 0 amide bonds. The maximum atomic E-state index is 5.28. The quantitative estimate of drug-likeness (QED) is 0.514. The summed E-state index contributed by atoms with van der Waals surface area (Å²) in [5.41, 5.74) is 1.05. The zero-order valence-corrected chi connectivity index (χ0v) is 15.3. The molecule has 0 heterocycles. The average molecular weight is 345 g/mol. The molecule has 0 fully saturated rings. The van der Waals surface area contributed by atoms with Crippen molar-refractivity contribution in [3.05, 3.63) is 78.9 Å². The van der Waals surface area contributed by atoms with Gasteiger partial charge in [0.2, 0.25) is 0 Å². The fourth-order valence-electron chi connectivity index (χ4n) is 2.97. The number of hydrogen-bond donors (Lipinski definition) is 1. The van der Waals surface area contributed by atoms with Gasteiger partial charge in [-0.2, -0.15) is 0 Å². The van der Waals surface area contributed by atoms with E-state index in [1.54, 1.807) is 14.2 Å². The van der Waals surface area contributed by atoms with Crippen LogP contribution in [0.15, 0.2) is 78.9 Å². The van der Waals surface area contributed by atoms with Crippen LogP contribution in [-0.2, 0) is 0 Å². The van der Waals surface area contributed by atoms with Gasteiger partial charge in [-0.1, -0.05) is 60.7 Å². The standard InChI is InChI=1S/C12H13NO.C11H10O/c1-13-12-10-6-4-3-5-9(10)7-8-11(12)14-2;1-12-11-7-6-9-4-2-3-5-10(9)8-11/h3-8,13H,1-2H3;2-8H,1H3. The molecule has 4 rings (SSSR count). The van der Waals surface area contributed by atoms with Gasteiger partial charge in [0, 0.05) is 12.4 Å². The van der Waals surface area contributed by atoms with Crippen molar-refractivity contribution in [1.82, 2.24) is 0 Å². The van der Waals surface area contributed by atoms with Crippen molar-refractivity contribution < 1.29 is 9.47 Å². The first kappa shape index (κ1) is 17.6. The predicted molar refractivity (Wildman–Crippen MR) is 111 cm³/mol. The number of anilines is 1. The number of hydrogen-bond acceptors (Lipinski definition) is 3. The van der Waals surface area contributed by atoms with E-state index in [1.165, 1.54) is 21.5 Å². The van der Waals surface area contributed by atoms with Gasteiger partial charge in [0.15, 0.2) is 0 Å². The van der Waals surface area contributed by atoms with Crippen LogP contribution in [0.2, 0.25) is 0 Å². The Bertz CT molecular complexity index is 1010. The van der Waals surface area contributed by atoms with Crippen LogP contribution in [0.3, 0.4) is 0 Å². The molecule has 0 radical (unpaired) electrons. The number of fused-ring (bicyclic) bond motifs is 2. The third kappa shape index (κ3) is 3.72. The number of methoxy groups -OCH3 is 2. The lowest BCUT2D eigenvalue weighted by Gasteiger charge is -2.10. The summed E-state index contributed by atoms with van der Waals surface area (Å²) < 4.78 is 10.4. The van der Waals surface area contributed by atoms with E-state index < -0.39 is 0 Å². The molecule has 4 aromatic carbocycles. The van der Waals surface area contributed by atoms with Crippen molar-refractivity contribution >= 4 is 27.2 Å². The van der Waals surface area contributed by atoms with Gasteiger partial charge in [-0.25, -0.2) is 0 Å². The van der Waals surface area contributed by atoms with Gasteiger partial charge in [0.25, 0.3) is 0 Å². The lowest BCUT2D eigenvalue weighted by molar-refractivity contribution is 0.415. The van der Waals surface area contributed by atoms with Crippen LogP contribution in [0.4, 0.5) is 5.69 Å². The van der Waals surface area contributed by atoms with Gasteiger partial charge < -0.3 is 14.8 Å². The third-order valence-corrected chi connectivity index (χ3v) is 4.32. The highest BCUT2D eigenvalue weighted by molar-refractivity contribution is 5.96. The molecule has 0 aliphatic rings. The van der Waals surface area contributed by atoms with Crippen LogP contribution in [-0.4, -0.2) is 21.3 Å². The number of nitrogens with one attached hydrogen (secondary N) is 1. The highest BCUT2D eigenvalue weighted by Crippen LogP contribution is 2.32. The van der Waals surface area contributed by atoms with Crippen LogP contribution in [0.25, 0.3) is 21.5 Å². The smallest absolute Gasteiger partial charge is 0.142 e. The van der Waals surface area contributed by atoms with E-state index in [0.717, 1.165) is 17.2 Å². The molecule has 0 aliphatic carbocycles. The summed E-state index contributed by atoms with van der Waals surface area (Å²) in [7, 11) is 5.28. The number of rotatable bonds is 3. The zero-order valence-electron chi connectivity index (χ0n) is 15.3. The first-order chi connectivity index (χ1) is 12.8. The van der Waals surface area contributed by atoms with Crippen LogP contribution >= 0.6 is 0 Å². The molecule has 3 nitrogen and oxygen atoms in total. The number of benzene rings is 4. The minimum absolute atomic E-state index is 0.881. The summed E-state index contributed by atoms with van der Waals surface area (Å²) in [5.74, 6) is 1.79. The summed E-state index contributed by atoms with van der Waals surface area (Å²) in [6.45, 7) is 0. The Kier molecular flexibility index (Phi) is 5.59. The summed E-state index contributed by atoms with van der Waals surface area (Å²) >= 11 is 0. The van der Waals surface area contributed by atoms with Crippen LogP contribution < -0.4 is 14.8 Å². The third-order valence-electron chi connectivity index (χ3n) is 4.32. The Morgan fingerprint density at radius 3 is 2.00 bits per heavy atom.